The number of carbonyl (C=O) groups excluding carboxylic acids is 1. The molecule has 5 rings (SSSR count). The van der Waals surface area contributed by atoms with Gasteiger partial charge < -0.3 is 30.3 Å². The second-order valence-electron chi connectivity index (χ2n) is 10.2. The third kappa shape index (κ3) is 6.87. The summed E-state index contributed by atoms with van der Waals surface area (Å²) >= 11 is 0. The fourth-order valence-corrected chi connectivity index (χ4v) is 5.20. The molecule has 4 aromatic rings. The number of furan rings is 1. The summed E-state index contributed by atoms with van der Waals surface area (Å²) in [5.41, 5.74) is 11.7. The summed E-state index contributed by atoms with van der Waals surface area (Å²) in [4.78, 5) is 11.9. The van der Waals surface area contributed by atoms with Gasteiger partial charge in [0.15, 0.2) is 0 Å². The summed E-state index contributed by atoms with van der Waals surface area (Å²) in [6, 6.07) is 22.2. The van der Waals surface area contributed by atoms with Crippen LogP contribution in [0.1, 0.15) is 35.3 Å². The third-order valence-electron chi connectivity index (χ3n) is 7.26. The molecule has 0 bridgehead atoms. The van der Waals surface area contributed by atoms with Crippen LogP contribution in [0.5, 0.6) is 5.75 Å². The van der Waals surface area contributed by atoms with E-state index in [4.69, 9.17) is 19.6 Å². The van der Waals surface area contributed by atoms with Crippen LogP contribution < -0.4 is 21.1 Å². The fraction of sp³-hybridized carbons (Fsp3) is 0.344. The fourth-order valence-electron chi connectivity index (χ4n) is 5.20. The summed E-state index contributed by atoms with van der Waals surface area (Å²) in [5.74, 6) is 1.94. The van der Waals surface area contributed by atoms with Gasteiger partial charge in [-0.3, -0.25) is 4.79 Å². The van der Waals surface area contributed by atoms with Gasteiger partial charge in [-0.25, -0.2) is 0 Å². The first-order valence-electron chi connectivity index (χ1n) is 13.7. The minimum absolute atomic E-state index is 0.165. The van der Waals surface area contributed by atoms with Gasteiger partial charge in [-0.1, -0.05) is 36.4 Å². The molecule has 7 nitrogen and oxygen atoms in total. The van der Waals surface area contributed by atoms with Gasteiger partial charge in [0.2, 0.25) is 0 Å². The lowest BCUT2D eigenvalue weighted by Gasteiger charge is -2.22. The summed E-state index contributed by atoms with van der Waals surface area (Å²) in [7, 11) is 1.39. The molecule has 1 unspecified atom stereocenters. The van der Waals surface area contributed by atoms with E-state index in [-0.39, 0.29) is 12.4 Å². The Morgan fingerprint density at radius 3 is 2.82 bits per heavy atom. The van der Waals surface area contributed by atoms with Crippen molar-refractivity contribution in [1.82, 2.24) is 10.6 Å². The number of hydrogen-bond donors (Lipinski definition) is 3. The first kappa shape index (κ1) is 26.9. The Labute approximate surface area is 229 Å². The van der Waals surface area contributed by atoms with E-state index in [2.05, 4.69) is 41.0 Å². The standard InChI is InChI=1S/C32H37N3O4/c1-37-31(36)16-26-8-2-3-10-30(26)38-21-24-13-27-15-28(20-35-19-23-7-5-11-34-18-23)39-32(27)29(14-24)25-9-4-6-22(12-25)17-33/h2-4,6,8-10,12-15,23,34-35H,5,7,11,16-21,33H2,1H3. The largest absolute Gasteiger partial charge is 0.489 e. The molecule has 0 spiro atoms. The van der Waals surface area contributed by atoms with Crippen LogP contribution in [0.4, 0.5) is 0 Å². The van der Waals surface area contributed by atoms with Crippen LogP contribution in [0, 0.1) is 5.92 Å². The maximum Gasteiger partial charge on any atom is 0.310 e. The zero-order valence-electron chi connectivity index (χ0n) is 22.5. The maximum atomic E-state index is 11.9. The Morgan fingerprint density at radius 2 is 2.00 bits per heavy atom. The number of methoxy groups -OCH3 is 1. The van der Waals surface area contributed by atoms with Crippen molar-refractivity contribution in [2.75, 3.05) is 26.7 Å². The predicted molar refractivity (Wildman–Crippen MR) is 153 cm³/mol. The second kappa shape index (κ2) is 12.9. The highest BCUT2D eigenvalue weighted by atomic mass is 16.5. The number of hydrogen-bond acceptors (Lipinski definition) is 7. The van der Waals surface area contributed by atoms with Crippen molar-refractivity contribution in [2.24, 2.45) is 11.7 Å². The van der Waals surface area contributed by atoms with Gasteiger partial charge in [-0.15, -0.1) is 0 Å². The third-order valence-corrected chi connectivity index (χ3v) is 7.26. The Kier molecular flexibility index (Phi) is 8.93. The summed E-state index contributed by atoms with van der Waals surface area (Å²) in [6.07, 6.45) is 2.66. The van der Waals surface area contributed by atoms with Crippen molar-refractivity contribution in [2.45, 2.75) is 39.0 Å². The molecule has 204 valence electrons. The molecule has 1 aliphatic heterocycles. The van der Waals surface area contributed by atoms with Crippen LogP contribution in [0.3, 0.4) is 0 Å². The lowest BCUT2D eigenvalue weighted by molar-refractivity contribution is -0.139. The summed E-state index contributed by atoms with van der Waals surface area (Å²) in [5, 5.41) is 8.09. The Morgan fingerprint density at radius 1 is 1.10 bits per heavy atom. The molecule has 3 aromatic carbocycles. The Hall–Kier alpha value is -3.65. The number of esters is 1. The topological polar surface area (TPSA) is 98.8 Å². The van der Waals surface area contributed by atoms with Gasteiger partial charge in [0.1, 0.15) is 23.7 Å². The molecule has 0 radical (unpaired) electrons. The molecule has 0 amide bonds. The lowest BCUT2D eigenvalue weighted by Crippen LogP contribution is -2.35. The van der Waals surface area contributed by atoms with Crippen LogP contribution in [-0.2, 0) is 35.6 Å². The zero-order chi connectivity index (χ0) is 27.0. The Balaban J connectivity index is 1.40. The molecule has 0 saturated carbocycles. The van der Waals surface area contributed by atoms with Crippen LogP contribution >= 0.6 is 0 Å². The van der Waals surface area contributed by atoms with Crippen LogP contribution in [0.15, 0.2) is 71.1 Å². The van der Waals surface area contributed by atoms with Crippen molar-refractivity contribution in [3.63, 3.8) is 0 Å². The molecule has 4 N–H and O–H groups in total. The van der Waals surface area contributed by atoms with E-state index in [1.807, 2.05) is 36.4 Å². The first-order chi connectivity index (χ1) is 19.1. The number of benzene rings is 3. The van der Waals surface area contributed by atoms with Gasteiger partial charge in [0.05, 0.1) is 20.1 Å². The first-order valence-corrected chi connectivity index (χ1v) is 13.7. The molecular weight excluding hydrogens is 490 g/mol. The molecule has 1 fully saturated rings. The smallest absolute Gasteiger partial charge is 0.310 e. The highest BCUT2D eigenvalue weighted by Gasteiger charge is 2.16. The number of ether oxygens (including phenoxy) is 2. The number of nitrogens with one attached hydrogen (secondary N) is 2. The lowest BCUT2D eigenvalue weighted by atomic mass is 9.99. The number of carbonyl (C=O) groups is 1. The van der Waals surface area contributed by atoms with Crippen LogP contribution in [-0.4, -0.2) is 32.7 Å². The van der Waals surface area contributed by atoms with E-state index in [1.54, 1.807) is 0 Å². The van der Waals surface area contributed by atoms with E-state index in [0.717, 1.165) is 64.2 Å². The number of nitrogens with two attached hydrogens (primary N) is 1. The average Bonchev–Trinajstić information content (AvgIpc) is 3.39. The quantitative estimate of drug-likeness (QED) is 0.238. The maximum absolute atomic E-state index is 11.9. The highest BCUT2D eigenvalue weighted by Crippen LogP contribution is 2.34. The van der Waals surface area contributed by atoms with E-state index < -0.39 is 0 Å². The zero-order valence-corrected chi connectivity index (χ0v) is 22.5. The Bertz CT molecular complexity index is 1410. The normalized spacial score (nSPS) is 15.4. The van der Waals surface area contributed by atoms with E-state index in [9.17, 15) is 4.79 Å². The molecule has 1 aromatic heterocycles. The molecule has 39 heavy (non-hydrogen) atoms. The van der Waals surface area contributed by atoms with Crippen molar-refractivity contribution in [3.05, 3.63) is 89.2 Å². The summed E-state index contributed by atoms with van der Waals surface area (Å²) < 4.78 is 17.5. The SMILES string of the molecule is COC(=O)Cc1ccccc1OCc1cc(-c2cccc(CN)c2)c2oc(CNCC3CCCNC3)cc2c1. The van der Waals surface area contributed by atoms with E-state index in [1.165, 1.54) is 20.0 Å². The number of para-hydroxylation sites is 1. The van der Waals surface area contributed by atoms with Gasteiger partial charge >= 0.3 is 5.97 Å². The molecule has 1 aliphatic rings. The average molecular weight is 528 g/mol. The predicted octanol–water partition coefficient (Wildman–Crippen LogP) is 4.94. The van der Waals surface area contributed by atoms with Crippen molar-refractivity contribution in [1.29, 1.82) is 0 Å². The van der Waals surface area contributed by atoms with Crippen molar-refractivity contribution < 1.29 is 18.7 Å². The molecular formula is C32H37N3O4. The van der Waals surface area contributed by atoms with Gasteiger partial charge in [0.25, 0.3) is 0 Å². The van der Waals surface area contributed by atoms with Crippen molar-refractivity contribution in [3.8, 4) is 16.9 Å². The number of rotatable bonds is 11. The van der Waals surface area contributed by atoms with E-state index in [0.29, 0.717) is 31.4 Å². The van der Waals surface area contributed by atoms with Crippen molar-refractivity contribution >= 4 is 16.9 Å². The van der Waals surface area contributed by atoms with Gasteiger partial charge in [-0.2, -0.15) is 0 Å². The highest BCUT2D eigenvalue weighted by molar-refractivity contribution is 5.93. The molecule has 1 atom stereocenters. The number of piperidine rings is 1. The molecule has 0 aliphatic carbocycles. The molecule has 7 heteroatoms. The summed E-state index contributed by atoms with van der Waals surface area (Å²) in [6.45, 7) is 4.67. The van der Waals surface area contributed by atoms with Crippen LogP contribution in [0.25, 0.3) is 22.1 Å². The minimum atomic E-state index is -0.297. The second-order valence-corrected chi connectivity index (χ2v) is 10.2. The monoisotopic (exact) mass is 527 g/mol. The van der Waals surface area contributed by atoms with Gasteiger partial charge in [-0.05, 0) is 85.4 Å². The number of fused-ring (bicyclic) bond motifs is 1. The van der Waals surface area contributed by atoms with E-state index >= 15 is 0 Å². The van der Waals surface area contributed by atoms with Gasteiger partial charge in [0, 0.05) is 23.1 Å². The minimum Gasteiger partial charge on any atom is -0.489 e. The molecule has 2 heterocycles. The van der Waals surface area contributed by atoms with Crippen LogP contribution in [0.2, 0.25) is 0 Å². The molecule has 1 saturated heterocycles.